The number of esters is 2. The lowest BCUT2D eigenvalue weighted by molar-refractivity contribution is -0.390. The summed E-state index contributed by atoms with van der Waals surface area (Å²) in [6.45, 7) is 1.84. The molecule has 0 heterocycles. The highest BCUT2D eigenvalue weighted by Gasteiger charge is 2.77. The molecular weight excluding hydrogens is 370 g/mol. The predicted molar refractivity (Wildman–Crippen MR) is 76.7 cm³/mol. The van der Waals surface area contributed by atoms with Gasteiger partial charge in [-0.2, -0.15) is 26.3 Å². The van der Waals surface area contributed by atoms with Gasteiger partial charge in [0.25, 0.3) is 0 Å². The zero-order valence-electron chi connectivity index (χ0n) is 13.9. The average Bonchev–Trinajstić information content (AvgIpc) is 2.47. The summed E-state index contributed by atoms with van der Waals surface area (Å²) in [5.41, 5.74) is -4.97. The fourth-order valence-corrected chi connectivity index (χ4v) is 2.61. The van der Waals surface area contributed by atoms with E-state index in [2.05, 4.69) is 4.74 Å². The van der Waals surface area contributed by atoms with Gasteiger partial charge in [-0.3, -0.25) is 9.59 Å². The number of hydrogen-bond acceptors (Lipinski definition) is 4. The predicted octanol–water partition coefficient (Wildman–Crippen LogP) is 4.35. The molecule has 26 heavy (non-hydrogen) atoms. The third-order valence-corrected chi connectivity index (χ3v) is 3.66. The van der Waals surface area contributed by atoms with E-state index in [1.165, 1.54) is 30.3 Å². The fourth-order valence-electron chi connectivity index (χ4n) is 2.61. The second-order valence-corrected chi connectivity index (χ2v) is 5.55. The Morgan fingerprint density at radius 3 is 1.69 bits per heavy atom. The Bertz CT molecular complexity index is 624. The van der Waals surface area contributed by atoms with Gasteiger partial charge in [-0.05, 0) is 5.56 Å². The molecule has 0 amide bonds. The molecule has 0 fully saturated rings. The summed E-state index contributed by atoms with van der Waals surface area (Å²) in [5.74, 6) is -5.38. The van der Waals surface area contributed by atoms with Crippen LogP contribution in [0, 0.1) is 5.92 Å². The van der Waals surface area contributed by atoms with E-state index >= 15 is 0 Å². The highest BCUT2D eigenvalue weighted by molar-refractivity contribution is 5.67. The highest BCUT2D eigenvalue weighted by Crippen LogP contribution is 2.54. The van der Waals surface area contributed by atoms with E-state index < -0.39 is 41.9 Å². The van der Waals surface area contributed by atoms with Crippen LogP contribution >= 0.6 is 0 Å². The molecule has 0 bridgehead atoms. The summed E-state index contributed by atoms with van der Waals surface area (Å²) in [4.78, 5) is 22.4. The number of benzene rings is 1. The Morgan fingerprint density at radius 2 is 1.35 bits per heavy atom. The lowest BCUT2D eigenvalue weighted by atomic mass is 9.80. The quantitative estimate of drug-likeness (QED) is 0.558. The Labute approximate surface area is 145 Å². The van der Waals surface area contributed by atoms with E-state index in [9.17, 15) is 35.9 Å². The van der Waals surface area contributed by atoms with Crippen LogP contribution in [0.25, 0.3) is 0 Å². The van der Waals surface area contributed by atoms with E-state index in [1.807, 2.05) is 0 Å². The molecule has 1 rings (SSSR count). The maximum absolute atomic E-state index is 13.6. The smallest absolute Gasteiger partial charge is 0.438 e. The van der Waals surface area contributed by atoms with Crippen molar-refractivity contribution in [2.45, 2.75) is 44.8 Å². The topological polar surface area (TPSA) is 52.6 Å². The highest BCUT2D eigenvalue weighted by atomic mass is 19.4. The van der Waals surface area contributed by atoms with Crippen molar-refractivity contribution in [3.8, 4) is 0 Å². The summed E-state index contributed by atoms with van der Waals surface area (Å²) < 4.78 is 89.9. The molecule has 0 N–H and O–H groups in total. The number of carbonyl (C=O) groups is 2. The first-order valence-corrected chi connectivity index (χ1v) is 7.29. The molecule has 0 aliphatic rings. The first-order chi connectivity index (χ1) is 11.7. The van der Waals surface area contributed by atoms with Crippen molar-refractivity contribution < 1.29 is 45.4 Å². The van der Waals surface area contributed by atoms with Crippen molar-refractivity contribution >= 4 is 11.9 Å². The first kappa shape index (κ1) is 21.8. The van der Waals surface area contributed by atoms with E-state index in [-0.39, 0.29) is 5.56 Å². The van der Waals surface area contributed by atoms with E-state index in [1.54, 1.807) is 0 Å². The number of hydrogen-bond donors (Lipinski definition) is 0. The number of halogens is 6. The lowest BCUT2D eigenvalue weighted by Gasteiger charge is -2.42. The molecule has 0 spiro atoms. The van der Waals surface area contributed by atoms with Crippen molar-refractivity contribution in [2.75, 3.05) is 0 Å². The van der Waals surface area contributed by atoms with Crippen LogP contribution in [0.15, 0.2) is 30.3 Å². The maximum Gasteiger partial charge on any atom is 0.438 e. The first-order valence-electron chi connectivity index (χ1n) is 7.29. The maximum atomic E-state index is 13.6. The van der Waals surface area contributed by atoms with Crippen LogP contribution in [0.3, 0.4) is 0 Å². The molecule has 0 aliphatic heterocycles. The van der Waals surface area contributed by atoms with E-state index in [0.29, 0.717) is 13.8 Å². The van der Waals surface area contributed by atoms with Crippen molar-refractivity contribution in [2.24, 2.45) is 5.92 Å². The molecule has 4 nitrogen and oxygen atoms in total. The van der Waals surface area contributed by atoms with Gasteiger partial charge < -0.3 is 9.47 Å². The van der Waals surface area contributed by atoms with E-state index in [4.69, 9.17) is 4.74 Å². The van der Waals surface area contributed by atoms with Gasteiger partial charge in [0.2, 0.25) is 0 Å². The van der Waals surface area contributed by atoms with Gasteiger partial charge in [0, 0.05) is 13.8 Å². The number of ether oxygens (including phenoxy) is 2. The fraction of sp³-hybridized carbons (Fsp3) is 0.500. The Hall–Kier alpha value is -2.26. The number of rotatable bonds is 5. The molecule has 146 valence electrons. The third kappa shape index (κ3) is 4.28. The molecule has 0 radical (unpaired) electrons. The number of carbonyl (C=O) groups excluding carboxylic acids is 2. The summed E-state index contributed by atoms with van der Waals surface area (Å²) >= 11 is 0. The normalized spacial score (nSPS) is 15.1. The Kier molecular flexibility index (Phi) is 6.32. The van der Waals surface area contributed by atoms with Crippen LogP contribution in [0.1, 0.15) is 32.4 Å². The van der Waals surface area contributed by atoms with Crippen LogP contribution in [0.5, 0.6) is 0 Å². The average molecular weight is 386 g/mol. The largest absolute Gasteiger partial charge is 0.457 e. The standard InChI is InChI=1S/C16H16F6O4/c1-9(13(25-10(2)23)12-7-5-4-6-8-12)14(15(17,18)19,16(20,21)22)26-11(3)24/h4-9,13H,1-3H3. The van der Waals surface area contributed by atoms with Gasteiger partial charge in [-0.1, -0.05) is 37.3 Å². The molecule has 2 unspecified atom stereocenters. The summed E-state index contributed by atoms with van der Waals surface area (Å²) in [5, 5.41) is 0. The molecule has 0 saturated heterocycles. The second-order valence-electron chi connectivity index (χ2n) is 5.55. The van der Waals surface area contributed by atoms with Crippen LogP contribution in [-0.4, -0.2) is 29.9 Å². The molecule has 2 atom stereocenters. The van der Waals surface area contributed by atoms with Crippen molar-refractivity contribution in [3.63, 3.8) is 0 Å². The van der Waals surface area contributed by atoms with Crippen molar-refractivity contribution in [1.82, 2.24) is 0 Å². The van der Waals surface area contributed by atoms with Gasteiger partial charge in [0.1, 0.15) is 6.10 Å². The molecular formula is C16H16F6O4. The van der Waals surface area contributed by atoms with Crippen LogP contribution < -0.4 is 0 Å². The van der Waals surface area contributed by atoms with Crippen LogP contribution in [0.4, 0.5) is 26.3 Å². The Morgan fingerprint density at radius 1 is 0.885 bits per heavy atom. The lowest BCUT2D eigenvalue weighted by Crippen LogP contribution is -2.64. The Balaban J connectivity index is 3.64. The third-order valence-electron chi connectivity index (χ3n) is 3.66. The van der Waals surface area contributed by atoms with Gasteiger partial charge >= 0.3 is 29.9 Å². The van der Waals surface area contributed by atoms with Crippen molar-refractivity contribution in [3.05, 3.63) is 35.9 Å². The minimum Gasteiger partial charge on any atom is -0.457 e. The zero-order valence-corrected chi connectivity index (χ0v) is 13.9. The molecule has 0 aromatic heterocycles. The van der Waals surface area contributed by atoms with Crippen molar-refractivity contribution in [1.29, 1.82) is 0 Å². The monoisotopic (exact) mass is 386 g/mol. The van der Waals surface area contributed by atoms with Gasteiger partial charge in [0.05, 0.1) is 5.92 Å². The van der Waals surface area contributed by atoms with Crippen LogP contribution in [-0.2, 0) is 19.1 Å². The summed E-state index contributed by atoms with van der Waals surface area (Å²) in [6, 6.07) is 6.59. The SMILES string of the molecule is CC(=O)OC(c1ccccc1)C(C)C(OC(C)=O)(C(F)(F)F)C(F)(F)F. The van der Waals surface area contributed by atoms with E-state index in [0.717, 1.165) is 6.92 Å². The number of alkyl halides is 6. The van der Waals surface area contributed by atoms with Gasteiger partial charge in [0.15, 0.2) is 0 Å². The summed E-state index contributed by atoms with van der Waals surface area (Å²) in [7, 11) is 0. The molecule has 1 aromatic carbocycles. The molecule has 10 heteroatoms. The minimum atomic E-state index is -6.01. The molecule has 1 aromatic rings. The minimum absolute atomic E-state index is 0.111. The second kappa shape index (κ2) is 7.55. The van der Waals surface area contributed by atoms with Crippen LogP contribution in [0.2, 0.25) is 0 Å². The zero-order chi connectivity index (χ0) is 20.3. The van der Waals surface area contributed by atoms with Gasteiger partial charge in [-0.15, -0.1) is 0 Å². The summed E-state index contributed by atoms with van der Waals surface area (Å²) in [6.07, 6.45) is -14.0. The molecule has 0 aliphatic carbocycles. The van der Waals surface area contributed by atoms with Gasteiger partial charge in [-0.25, -0.2) is 0 Å². The molecule has 0 saturated carbocycles.